The summed E-state index contributed by atoms with van der Waals surface area (Å²) in [5, 5.41) is 0.581. The van der Waals surface area contributed by atoms with Gasteiger partial charge in [0.05, 0.1) is 5.56 Å². The van der Waals surface area contributed by atoms with E-state index in [0.29, 0.717) is 22.0 Å². The molecule has 0 unspecified atom stereocenters. The molecule has 0 fully saturated rings. The fraction of sp³-hybridized carbons (Fsp3) is 0.350. The van der Waals surface area contributed by atoms with Crippen LogP contribution in [0.2, 0.25) is 0 Å². The number of rotatable bonds is 3. The monoisotopic (exact) mass is 394 g/mol. The van der Waals surface area contributed by atoms with Gasteiger partial charge in [-0.3, -0.25) is 0 Å². The van der Waals surface area contributed by atoms with Crippen LogP contribution in [0.25, 0.3) is 11.1 Å². The molecule has 0 bridgehead atoms. The van der Waals surface area contributed by atoms with Gasteiger partial charge < -0.3 is 4.74 Å². The second kappa shape index (κ2) is 8.97. The largest absolute Gasteiger partial charge is 0.456 e. The molecule has 24 heavy (non-hydrogen) atoms. The molecule has 0 heterocycles. The van der Waals surface area contributed by atoms with E-state index in [2.05, 4.69) is 15.9 Å². The molecule has 2 rings (SSSR count). The van der Waals surface area contributed by atoms with Crippen molar-refractivity contribution in [1.82, 2.24) is 0 Å². The van der Waals surface area contributed by atoms with Crippen LogP contribution in [0.5, 0.6) is 0 Å². The van der Waals surface area contributed by atoms with Crippen molar-refractivity contribution < 1.29 is 13.9 Å². The Morgan fingerprint density at radius 2 is 1.71 bits per heavy atom. The maximum absolute atomic E-state index is 14.3. The highest BCUT2D eigenvalue weighted by atomic mass is 79.9. The Bertz CT molecular complexity index is 690. The van der Waals surface area contributed by atoms with E-state index in [9.17, 15) is 9.18 Å². The summed E-state index contributed by atoms with van der Waals surface area (Å²) in [7, 11) is 0. The summed E-state index contributed by atoms with van der Waals surface area (Å²) in [4.78, 5) is 12.3. The molecule has 2 nitrogen and oxygen atoms in total. The van der Waals surface area contributed by atoms with Gasteiger partial charge in [0.2, 0.25) is 0 Å². The van der Waals surface area contributed by atoms with Gasteiger partial charge >= 0.3 is 5.97 Å². The Labute approximate surface area is 152 Å². The van der Waals surface area contributed by atoms with Gasteiger partial charge in [0.25, 0.3) is 0 Å². The van der Waals surface area contributed by atoms with Gasteiger partial charge in [0.15, 0.2) is 0 Å². The predicted molar refractivity (Wildman–Crippen MR) is 101 cm³/mol. The number of esters is 1. The van der Waals surface area contributed by atoms with Crippen LogP contribution < -0.4 is 0 Å². The van der Waals surface area contributed by atoms with Crippen molar-refractivity contribution in [2.75, 3.05) is 0 Å². The van der Waals surface area contributed by atoms with Gasteiger partial charge in [-0.05, 0) is 44.0 Å². The summed E-state index contributed by atoms with van der Waals surface area (Å²) in [6.07, 6.45) is 0. The molecule has 0 spiro atoms. The average molecular weight is 395 g/mol. The van der Waals surface area contributed by atoms with Gasteiger partial charge in [-0.1, -0.05) is 60.1 Å². The van der Waals surface area contributed by atoms with Crippen molar-refractivity contribution in [3.63, 3.8) is 0 Å². The number of carbonyl (C=O) groups is 1. The van der Waals surface area contributed by atoms with Crippen LogP contribution in [0.4, 0.5) is 4.39 Å². The SMILES string of the molecule is CC.CC(C)(C)OC(=O)c1ccccc1-c1ccc(CBr)cc1F. The van der Waals surface area contributed by atoms with Crippen molar-refractivity contribution in [2.24, 2.45) is 0 Å². The molecule has 130 valence electrons. The average Bonchev–Trinajstić information content (AvgIpc) is 2.55. The third-order valence-electron chi connectivity index (χ3n) is 3.02. The number of hydrogen-bond acceptors (Lipinski definition) is 2. The summed E-state index contributed by atoms with van der Waals surface area (Å²) >= 11 is 3.30. The molecular weight excluding hydrogens is 371 g/mol. The fourth-order valence-electron chi connectivity index (χ4n) is 2.09. The summed E-state index contributed by atoms with van der Waals surface area (Å²) in [6, 6.07) is 11.9. The molecule has 0 radical (unpaired) electrons. The summed E-state index contributed by atoms with van der Waals surface area (Å²) < 4.78 is 19.7. The Balaban J connectivity index is 0.00000139. The number of carbonyl (C=O) groups excluding carboxylic acids is 1. The van der Waals surface area contributed by atoms with Crippen LogP contribution in [-0.4, -0.2) is 11.6 Å². The fourth-order valence-corrected chi connectivity index (χ4v) is 2.44. The molecule has 0 aliphatic rings. The highest BCUT2D eigenvalue weighted by molar-refractivity contribution is 9.08. The van der Waals surface area contributed by atoms with E-state index in [1.54, 1.807) is 51.1 Å². The molecule has 0 aliphatic carbocycles. The molecule has 2 aromatic carbocycles. The Morgan fingerprint density at radius 1 is 1.08 bits per heavy atom. The van der Waals surface area contributed by atoms with E-state index in [4.69, 9.17) is 4.74 Å². The van der Waals surface area contributed by atoms with Crippen molar-refractivity contribution in [1.29, 1.82) is 0 Å². The van der Waals surface area contributed by atoms with Gasteiger partial charge in [0, 0.05) is 10.9 Å². The summed E-state index contributed by atoms with van der Waals surface area (Å²) in [5.41, 5.74) is 1.54. The Kier molecular flexibility index (Phi) is 7.61. The van der Waals surface area contributed by atoms with Crippen LogP contribution in [-0.2, 0) is 10.1 Å². The lowest BCUT2D eigenvalue weighted by atomic mass is 9.98. The summed E-state index contributed by atoms with van der Waals surface area (Å²) in [6.45, 7) is 9.41. The number of benzene rings is 2. The van der Waals surface area contributed by atoms with E-state index in [-0.39, 0.29) is 5.82 Å². The molecule has 4 heteroatoms. The molecular formula is C20H24BrFO2. The molecule has 0 aliphatic heterocycles. The van der Waals surface area contributed by atoms with Crippen LogP contribution >= 0.6 is 15.9 Å². The molecule has 0 atom stereocenters. The van der Waals surface area contributed by atoms with Crippen molar-refractivity contribution in [3.05, 3.63) is 59.4 Å². The van der Waals surface area contributed by atoms with Gasteiger partial charge in [-0.25, -0.2) is 9.18 Å². The predicted octanol–water partition coefficient (Wildman–Crippen LogP) is 6.37. The molecule has 0 saturated heterocycles. The highest BCUT2D eigenvalue weighted by Gasteiger charge is 2.21. The van der Waals surface area contributed by atoms with Crippen LogP contribution in [0.15, 0.2) is 42.5 Å². The number of alkyl halides is 1. The molecule has 0 amide bonds. The smallest absolute Gasteiger partial charge is 0.339 e. The zero-order valence-corrected chi connectivity index (χ0v) is 16.4. The first-order valence-corrected chi connectivity index (χ1v) is 9.11. The first-order valence-electron chi connectivity index (χ1n) is 7.99. The van der Waals surface area contributed by atoms with Gasteiger partial charge in [0.1, 0.15) is 11.4 Å². The molecule has 0 N–H and O–H groups in total. The van der Waals surface area contributed by atoms with Crippen LogP contribution in [0.3, 0.4) is 0 Å². The minimum Gasteiger partial charge on any atom is -0.456 e. The van der Waals surface area contributed by atoms with Crippen molar-refractivity contribution >= 4 is 21.9 Å². The Hall–Kier alpha value is -1.68. The highest BCUT2D eigenvalue weighted by Crippen LogP contribution is 2.29. The van der Waals surface area contributed by atoms with E-state index >= 15 is 0 Å². The number of hydrogen-bond donors (Lipinski definition) is 0. The first kappa shape index (κ1) is 20.4. The van der Waals surface area contributed by atoms with E-state index in [1.807, 2.05) is 19.9 Å². The van der Waals surface area contributed by atoms with E-state index < -0.39 is 11.6 Å². The van der Waals surface area contributed by atoms with Gasteiger partial charge in [-0.2, -0.15) is 0 Å². The van der Waals surface area contributed by atoms with E-state index in [1.165, 1.54) is 6.07 Å². The second-order valence-corrected chi connectivity index (χ2v) is 6.56. The maximum Gasteiger partial charge on any atom is 0.339 e. The third kappa shape index (κ3) is 5.45. The second-order valence-electron chi connectivity index (χ2n) is 6.00. The van der Waals surface area contributed by atoms with Crippen molar-refractivity contribution in [2.45, 2.75) is 45.5 Å². The van der Waals surface area contributed by atoms with Crippen molar-refractivity contribution in [3.8, 4) is 11.1 Å². The zero-order valence-electron chi connectivity index (χ0n) is 14.8. The third-order valence-corrected chi connectivity index (χ3v) is 3.67. The zero-order chi connectivity index (χ0) is 18.3. The summed E-state index contributed by atoms with van der Waals surface area (Å²) in [5.74, 6) is -0.806. The van der Waals surface area contributed by atoms with E-state index in [0.717, 1.165) is 5.56 Å². The topological polar surface area (TPSA) is 26.3 Å². The quantitative estimate of drug-likeness (QED) is 0.446. The first-order chi connectivity index (χ1) is 11.3. The molecule has 0 saturated carbocycles. The maximum atomic E-state index is 14.3. The van der Waals surface area contributed by atoms with Crippen LogP contribution in [0, 0.1) is 5.82 Å². The Morgan fingerprint density at radius 3 is 2.25 bits per heavy atom. The number of halogens is 2. The van der Waals surface area contributed by atoms with Crippen LogP contribution in [0.1, 0.15) is 50.5 Å². The molecule has 0 aromatic heterocycles. The minimum atomic E-state index is -0.595. The normalized spacial score (nSPS) is 10.6. The van der Waals surface area contributed by atoms with Gasteiger partial charge in [-0.15, -0.1) is 0 Å². The molecule has 2 aromatic rings. The lowest BCUT2D eigenvalue weighted by Gasteiger charge is -2.20. The lowest BCUT2D eigenvalue weighted by molar-refractivity contribution is 0.00705. The standard InChI is InChI=1S/C18H18BrFO2.C2H6/c1-18(2,3)22-17(21)15-7-5-4-6-13(15)14-9-8-12(11-19)10-16(14)20;1-2/h4-10H,11H2,1-3H3;1-2H3. The lowest BCUT2D eigenvalue weighted by Crippen LogP contribution is -2.24. The number of ether oxygens (including phenoxy) is 1. The minimum absolute atomic E-state index is 0.354.